The van der Waals surface area contributed by atoms with Gasteiger partial charge in [-0.15, -0.1) is 0 Å². The minimum absolute atomic E-state index is 0.819. The average molecular weight is 302 g/mol. The first-order valence-electron chi connectivity index (χ1n) is 9.40. The van der Waals surface area contributed by atoms with Crippen molar-refractivity contribution in [2.24, 2.45) is 5.92 Å². The van der Waals surface area contributed by atoms with Crippen molar-refractivity contribution in [1.82, 2.24) is 5.32 Å². The third-order valence-electron chi connectivity index (χ3n) is 4.20. The molecule has 0 radical (unpaired) electrons. The van der Waals surface area contributed by atoms with Crippen LogP contribution in [0, 0.1) is 5.92 Å². The van der Waals surface area contributed by atoms with Crippen LogP contribution in [0.3, 0.4) is 0 Å². The molecule has 0 saturated heterocycles. The van der Waals surface area contributed by atoms with Crippen molar-refractivity contribution in [2.45, 2.75) is 97.9 Å². The summed E-state index contributed by atoms with van der Waals surface area (Å²) in [5.41, 5.74) is 0. The summed E-state index contributed by atoms with van der Waals surface area (Å²) in [5.74, 6) is 1.04. The molecule has 2 nitrogen and oxygen atoms in total. The number of methoxy groups -OCH3 is 1. The molecule has 2 fully saturated rings. The number of hydrogen-bond donors (Lipinski definition) is 1. The van der Waals surface area contributed by atoms with E-state index in [1.54, 1.807) is 7.11 Å². The van der Waals surface area contributed by atoms with Gasteiger partial charge in [-0.2, -0.15) is 0 Å². The van der Waals surface area contributed by atoms with E-state index in [0.29, 0.717) is 0 Å². The molecule has 2 heteroatoms. The molecule has 21 heavy (non-hydrogen) atoms. The van der Waals surface area contributed by atoms with Crippen molar-refractivity contribution >= 4 is 0 Å². The van der Waals surface area contributed by atoms with Crippen molar-refractivity contribution < 1.29 is 4.74 Å². The van der Waals surface area contributed by atoms with Crippen LogP contribution in [-0.2, 0) is 4.74 Å². The lowest BCUT2D eigenvalue weighted by Gasteiger charge is -2.20. The molecule has 0 aliphatic heterocycles. The van der Waals surface area contributed by atoms with Gasteiger partial charge in [0.05, 0.1) is 0 Å². The van der Waals surface area contributed by atoms with Gasteiger partial charge in [-0.05, 0) is 32.7 Å². The van der Waals surface area contributed by atoms with E-state index in [1.165, 1.54) is 64.2 Å². The van der Waals surface area contributed by atoms with Crippen LogP contribution in [0.2, 0.25) is 0 Å². The van der Waals surface area contributed by atoms with Crippen LogP contribution in [0.1, 0.15) is 91.9 Å². The Hall–Kier alpha value is -0.0800. The van der Waals surface area contributed by atoms with Crippen molar-refractivity contribution in [3.63, 3.8) is 0 Å². The van der Waals surface area contributed by atoms with E-state index in [-0.39, 0.29) is 0 Å². The highest BCUT2D eigenvalue weighted by atomic mass is 16.5. The molecule has 2 rings (SSSR count). The Morgan fingerprint density at radius 3 is 1.43 bits per heavy atom. The van der Waals surface area contributed by atoms with Gasteiger partial charge in [-0.3, -0.25) is 0 Å². The summed E-state index contributed by atoms with van der Waals surface area (Å²) in [6.45, 7) is 9.14. The zero-order valence-electron chi connectivity index (χ0n) is 15.8. The molecule has 2 saturated carbocycles. The summed E-state index contributed by atoms with van der Waals surface area (Å²) in [4.78, 5) is 0. The largest absolute Gasteiger partial charge is 0.385 e. The molecule has 0 unspecified atom stereocenters. The highest BCUT2D eigenvalue weighted by Gasteiger charge is 2.09. The SMILES string of the molecule is CC.CC1CCCCC1.CCOC.CNC1CCCCC1. The van der Waals surface area contributed by atoms with E-state index in [2.05, 4.69) is 24.0 Å². The standard InChI is InChI=1S/C7H15N.C7H14.C3H8O.C2H6/c1-8-7-5-3-2-4-6-7;1-7-5-3-2-4-6-7;1-3-4-2;1-2/h7-8H,2-6H2,1H3;7H,2-6H2,1H3;3H2,1-2H3;1-2H3. The van der Waals surface area contributed by atoms with Gasteiger partial charge in [0.25, 0.3) is 0 Å². The van der Waals surface area contributed by atoms with Crippen LogP contribution in [0.25, 0.3) is 0 Å². The first kappa shape index (κ1) is 23.2. The minimum atomic E-state index is 0.819. The van der Waals surface area contributed by atoms with Crippen LogP contribution in [0.4, 0.5) is 0 Å². The van der Waals surface area contributed by atoms with E-state index in [0.717, 1.165) is 18.6 Å². The van der Waals surface area contributed by atoms with Gasteiger partial charge in [-0.1, -0.05) is 72.1 Å². The molecule has 0 atom stereocenters. The quantitative estimate of drug-likeness (QED) is 0.695. The fraction of sp³-hybridized carbons (Fsp3) is 1.00. The third-order valence-corrected chi connectivity index (χ3v) is 4.20. The molecular weight excluding hydrogens is 258 g/mol. The summed E-state index contributed by atoms with van der Waals surface area (Å²) >= 11 is 0. The predicted octanol–water partition coefficient (Wildman–Crippen LogP) is 5.80. The Morgan fingerprint density at radius 1 is 0.857 bits per heavy atom. The molecule has 0 aromatic heterocycles. The third kappa shape index (κ3) is 17.9. The first-order chi connectivity index (χ1) is 10.2. The van der Waals surface area contributed by atoms with Gasteiger partial charge in [0.1, 0.15) is 0 Å². The van der Waals surface area contributed by atoms with E-state index < -0.39 is 0 Å². The van der Waals surface area contributed by atoms with Gasteiger partial charge in [0.15, 0.2) is 0 Å². The van der Waals surface area contributed by atoms with Crippen LogP contribution >= 0.6 is 0 Å². The Kier molecular flexibility index (Phi) is 22.0. The maximum absolute atomic E-state index is 4.54. The number of rotatable bonds is 2. The van der Waals surface area contributed by atoms with E-state index in [9.17, 15) is 0 Å². The lowest BCUT2D eigenvalue weighted by Crippen LogP contribution is -2.26. The lowest BCUT2D eigenvalue weighted by molar-refractivity contribution is 0.215. The van der Waals surface area contributed by atoms with Gasteiger partial charge in [-0.25, -0.2) is 0 Å². The monoisotopic (exact) mass is 301 g/mol. The fourth-order valence-corrected chi connectivity index (χ4v) is 2.70. The molecule has 0 aromatic carbocycles. The summed E-state index contributed by atoms with van der Waals surface area (Å²) < 4.78 is 4.54. The number of hydrogen-bond acceptors (Lipinski definition) is 2. The Labute approximate surface area is 135 Å². The highest BCUT2D eigenvalue weighted by Crippen LogP contribution is 2.22. The van der Waals surface area contributed by atoms with Gasteiger partial charge in [0.2, 0.25) is 0 Å². The molecule has 0 spiro atoms. The lowest BCUT2D eigenvalue weighted by atomic mass is 9.91. The van der Waals surface area contributed by atoms with E-state index >= 15 is 0 Å². The second-order valence-electron chi connectivity index (χ2n) is 5.94. The van der Waals surface area contributed by atoms with Crippen LogP contribution < -0.4 is 5.32 Å². The molecule has 0 amide bonds. The molecule has 0 bridgehead atoms. The topological polar surface area (TPSA) is 21.3 Å². The van der Waals surface area contributed by atoms with Crippen molar-refractivity contribution in [1.29, 1.82) is 0 Å². The van der Waals surface area contributed by atoms with E-state index in [4.69, 9.17) is 0 Å². The molecule has 2 aliphatic rings. The highest BCUT2D eigenvalue weighted by molar-refractivity contribution is 4.68. The Bertz CT molecular complexity index is 159. The summed E-state index contributed by atoms with van der Waals surface area (Å²) in [5, 5.41) is 3.30. The Morgan fingerprint density at radius 2 is 1.24 bits per heavy atom. The number of ether oxygens (including phenoxy) is 1. The van der Waals surface area contributed by atoms with Gasteiger partial charge >= 0.3 is 0 Å². The average Bonchev–Trinajstić information content (AvgIpc) is 2.59. The molecule has 0 aromatic rings. The zero-order valence-corrected chi connectivity index (χ0v) is 15.8. The van der Waals surface area contributed by atoms with E-state index in [1.807, 2.05) is 20.8 Å². The molecular formula is C19H43NO. The van der Waals surface area contributed by atoms with Crippen molar-refractivity contribution in [2.75, 3.05) is 20.8 Å². The molecule has 0 heterocycles. The summed E-state index contributed by atoms with van der Waals surface area (Å²) in [7, 11) is 3.75. The maximum atomic E-state index is 4.54. The smallest absolute Gasteiger partial charge is 0.0433 e. The van der Waals surface area contributed by atoms with Gasteiger partial charge < -0.3 is 10.1 Å². The normalized spacial score (nSPS) is 19.1. The summed E-state index contributed by atoms with van der Waals surface area (Å²) in [6.07, 6.45) is 14.6. The van der Waals surface area contributed by atoms with Crippen LogP contribution in [-0.4, -0.2) is 26.8 Å². The first-order valence-corrected chi connectivity index (χ1v) is 9.40. The second-order valence-corrected chi connectivity index (χ2v) is 5.94. The second kappa shape index (κ2) is 19.9. The molecule has 1 N–H and O–H groups in total. The van der Waals surface area contributed by atoms with Crippen LogP contribution in [0.5, 0.6) is 0 Å². The van der Waals surface area contributed by atoms with Gasteiger partial charge in [0, 0.05) is 19.8 Å². The van der Waals surface area contributed by atoms with Crippen LogP contribution in [0.15, 0.2) is 0 Å². The molecule has 2 aliphatic carbocycles. The molecule has 130 valence electrons. The fourth-order valence-electron chi connectivity index (χ4n) is 2.70. The van der Waals surface area contributed by atoms with Crippen molar-refractivity contribution in [3.05, 3.63) is 0 Å². The number of nitrogens with one attached hydrogen (secondary N) is 1. The maximum Gasteiger partial charge on any atom is 0.0433 e. The zero-order chi connectivity index (χ0) is 16.3. The Balaban J connectivity index is 0. The minimum Gasteiger partial charge on any atom is -0.385 e. The van der Waals surface area contributed by atoms with Crippen molar-refractivity contribution in [3.8, 4) is 0 Å². The predicted molar refractivity (Wildman–Crippen MR) is 97.1 cm³/mol. The summed E-state index contributed by atoms with van der Waals surface area (Å²) in [6, 6.07) is 0.837.